The lowest BCUT2D eigenvalue weighted by atomic mass is 9.78. The number of hydrogen-bond donors (Lipinski definition) is 1. The smallest absolute Gasteiger partial charge is 0.151 e. The molecule has 0 saturated carbocycles. The zero-order valence-electron chi connectivity index (χ0n) is 9.19. The molecule has 80 valence electrons. The molecule has 2 N–H and O–H groups in total. The molecule has 0 aliphatic rings. The molecule has 0 aromatic rings. The van der Waals surface area contributed by atoms with Crippen molar-refractivity contribution in [2.75, 3.05) is 19.8 Å². The van der Waals surface area contributed by atoms with Gasteiger partial charge in [-0.05, 0) is 11.8 Å². The molecule has 0 heterocycles. The third kappa shape index (κ3) is 3.61. The SMILES string of the molecule is CCCOCC(F)(CN)C(C)(C)C. The van der Waals surface area contributed by atoms with Crippen molar-refractivity contribution < 1.29 is 9.13 Å². The Morgan fingerprint density at radius 1 is 1.31 bits per heavy atom. The van der Waals surface area contributed by atoms with Gasteiger partial charge in [-0.25, -0.2) is 4.39 Å². The predicted molar refractivity (Wildman–Crippen MR) is 53.5 cm³/mol. The monoisotopic (exact) mass is 191 g/mol. The van der Waals surface area contributed by atoms with Gasteiger partial charge in [-0.15, -0.1) is 0 Å². The van der Waals surface area contributed by atoms with Crippen molar-refractivity contribution >= 4 is 0 Å². The van der Waals surface area contributed by atoms with Gasteiger partial charge >= 0.3 is 0 Å². The largest absolute Gasteiger partial charge is 0.378 e. The normalized spacial score (nSPS) is 17.1. The van der Waals surface area contributed by atoms with Gasteiger partial charge in [0.2, 0.25) is 0 Å². The van der Waals surface area contributed by atoms with Crippen LogP contribution >= 0.6 is 0 Å². The standard InChI is InChI=1S/C10H22FNO/c1-5-6-13-8-10(11,7-12)9(2,3)4/h5-8,12H2,1-4H3. The van der Waals surface area contributed by atoms with E-state index in [0.29, 0.717) is 6.61 Å². The summed E-state index contributed by atoms with van der Waals surface area (Å²) in [5.41, 5.74) is 3.54. The molecule has 0 aromatic carbocycles. The molecule has 2 nitrogen and oxygen atoms in total. The van der Waals surface area contributed by atoms with E-state index in [4.69, 9.17) is 10.5 Å². The lowest BCUT2D eigenvalue weighted by molar-refractivity contribution is -0.0464. The first-order chi connectivity index (χ1) is 5.87. The van der Waals surface area contributed by atoms with Crippen molar-refractivity contribution in [2.24, 2.45) is 11.1 Å². The van der Waals surface area contributed by atoms with Gasteiger partial charge in [-0.1, -0.05) is 27.7 Å². The maximum Gasteiger partial charge on any atom is 0.151 e. The van der Waals surface area contributed by atoms with E-state index < -0.39 is 11.1 Å². The second-order valence-corrected chi connectivity index (χ2v) is 4.47. The molecule has 0 fully saturated rings. The highest BCUT2D eigenvalue weighted by Crippen LogP contribution is 2.33. The van der Waals surface area contributed by atoms with Crippen LogP contribution in [0.3, 0.4) is 0 Å². The molecule has 13 heavy (non-hydrogen) atoms. The molecule has 0 spiro atoms. The minimum Gasteiger partial charge on any atom is -0.378 e. The molecule has 0 bridgehead atoms. The Bertz CT molecular complexity index is 144. The zero-order valence-corrected chi connectivity index (χ0v) is 9.19. The van der Waals surface area contributed by atoms with E-state index in [1.54, 1.807) is 0 Å². The second kappa shape index (κ2) is 4.91. The Hall–Kier alpha value is -0.150. The summed E-state index contributed by atoms with van der Waals surface area (Å²) in [6, 6.07) is 0. The Morgan fingerprint density at radius 2 is 1.85 bits per heavy atom. The average Bonchev–Trinajstić information content (AvgIpc) is 2.02. The maximum atomic E-state index is 14.1. The van der Waals surface area contributed by atoms with Gasteiger partial charge in [0.1, 0.15) is 0 Å². The summed E-state index contributed by atoms with van der Waals surface area (Å²) >= 11 is 0. The first kappa shape index (κ1) is 12.8. The van der Waals surface area contributed by atoms with Crippen molar-refractivity contribution in [1.82, 2.24) is 0 Å². The molecular weight excluding hydrogens is 169 g/mol. The maximum absolute atomic E-state index is 14.1. The Labute approximate surface area is 80.6 Å². The third-order valence-electron chi connectivity index (χ3n) is 2.35. The van der Waals surface area contributed by atoms with Crippen molar-refractivity contribution in [1.29, 1.82) is 0 Å². The van der Waals surface area contributed by atoms with E-state index >= 15 is 0 Å². The van der Waals surface area contributed by atoms with Crippen LogP contribution in [0.25, 0.3) is 0 Å². The van der Waals surface area contributed by atoms with Crippen LogP contribution in [0.15, 0.2) is 0 Å². The molecule has 1 unspecified atom stereocenters. The summed E-state index contributed by atoms with van der Waals surface area (Å²) in [5.74, 6) is 0. The molecule has 0 amide bonds. The number of halogens is 1. The Balaban J connectivity index is 4.13. The quantitative estimate of drug-likeness (QED) is 0.676. The number of rotatable bonds is 5. The highest BCUT2D eigenvalue weighted by Gasteiger charge is 2.41. The van der Waals surface area contributed by atoms with E-state index in [2.05, 4.69) is 0 Å². The number of nitrogens with two attached hydrogens (primary N) is 1. The van der Waals surface area contributed by atoms with Gasteiger partial charge in [0.05, 0.1) is 6.61 Å². The van der Waals surface area contributed by atoms with Crippen LogP contribution in [-0.2, 0) is 4.74 Å². The predicted octanol–water partition coefficient (Wildman–Crippen LogP) is 2.13. The van der Waals surface area contributed by atoms with Gasteiger partial charge in [-0.2, -0.15) is 0 Å². The first-order valence-corrected chi connectivity index (χ1v) is 4.84. The molecular formula is C10H22FNO. The summed E-state index contributed by atoms with van der Waals surface area (Å²) in [5, 5.41) is 0. The highest BCUT2D eigenvalue weighted by molar-refractivity contribution is 4.91. The molecule has 0 saturated heterocycles. The first-order valence-electron chi connectivity index (χ1n) is 4.84. The zero-order chi connectivity index (χ0) is 10.5. The van der Waals surface area contributed by atoms with Gasteiger partial charge in [0.25, 0.3) is 0 Å². The van der Waals surface area contributed by atoms with Crippen LogP contribution in [0.4, 0.5) is 4.39 Å². The number of ether oxygens (including phenoxy) is 1. The van der Waals surface area contributed by atoms with Gasteiger partial charge in [0.15, 0.2) is 5.67 Å². The average molecular weight is 191 g/mol. The summed E-state index contributed by atoms with van der Waals surface area (Å²) in [6.07, 6.45) is 0.908. The molecule has 0 aromatic heterocycles. The fourth-order valence-corrected chi connectivity index (χ4v) is 0.960. The van der Waals surface area contributed by atoms with Gasteiger partial charge in [-0.3, -0.25) is 0 Å². The van der Waals surface area contributed by atoms with Crippen LogP contribution in [0, 0.1) is 5.41 Å². The summed E-state index contributed by atoms with van der Waals surface area (Å²) in [4.78, 5) is 0. The van der Waals surface area contributed by atoms with Crippen LogP contribution in [-0.4, -0.2) is 25.4 Å². The van der Waals surface area contributed by atoms with Crippen molar-refractivity contribution in [3.8, 4) is 0 Å². The number of alkyl halides is 1. The Morgan fingerprint density at radius 3 is 2.15 bits per heavy atom. The van der Waals surface area contributed by atoms with Gasteiger partial charge < -0.3 is 10.5 Å². The molecule has 0 rings (SSSR count). The fraction of sp³-hybridized carbons (Fsp3) is 1.00. The fourth-order valence-electron chi connectivity index (χ4n) is 0.960. The van der Waals surface area contributed by atoms with Crippen molar-refractivity contribution in [3.63, 3.8) is 0 Å². The molecule has 1 atom stereocenters. The second-order valence-electron chi connectivity index (χ2n) is 4.47. The topological polar surface area (TPSA) is 35.2 Å². The molecule has 0 radical (unpaired) electrons. The van der Waals surface area contributed by atoms with Crippen LogP contribution < -0.4 is 5.73 Å². The minimum atomic E-state index is -1.41. The van der Waals surface area contributed by atoms with Gasteiger partial charge in [0, 0.05) is 13.2 Å². The van der Waals surface area contributed by atoms with E-state index in [1.165, 1.54) is 0 Å². The van der Waals surface area contributed by atoms with Crippen LogP contribution in [0.1, 0.15) is 34.1 Å². The van der Waals surface area contributed by atoms with E-state index in [9.17, 15) is 4.39 Å². The summed E-state index contributed by atoms with van der Waals surface area (Å²) < 4.78 is 19.3. The van der Waals surface area contributed by atoms with E-state index in [1.807, 2.05) is 27.7 Å². The molecule has 3 heteroatoms. The molecule has 0 aliphatic carbocycles. The van der Waals surface area contributed by atoms with Crippen molar-refractivity contribution in [2.45, 2.75) is 39.8 Å². The lowest BCUT2D eigenvalue weighted by Crippen LogP contribution is -2.49. The van der Waals surface area contributed by atoms with Crippen LogP contribution in [0.5, 0.6) is 0 Å². The summed E-state index contributed by atoms with van der Waals surface area (Å²) in [7, 11) is 0. The third-order valence-corrected chi connectivity index (χ3v) is 2.35. The minimum absolute atomic E-state index is 0.0141. The lowest BCUT2D eigenvalue weighted by Gasteiger charge is -2.36. The van der Waals surface area contributed by atoms with Crippen LogP contribution in [0.2, 0.25) is 0 Å². The van der Waals surface area contributed by atoms with E-state index in [-0.39, 0.29) is 13.2 Å². The Kier molecular flexibility index (Phi) is 4.86. The summed E-state index contributed by atoms with van der Waals surface area (Å²) in [6.45, 7) is 8.24. The van der Waals surface area contributed by atoms with Crippen molar-refractivity contribution in [3.05, 3.63) is 0 Å². The van der Waals surface area contributed by atoms with E-state index in [0.717, 1.165) is 6.42 Å². The molecule has 0 aliphatic heterocycles. The number of hydrogen-bond acceptors (Lipinski definition) is 2. The highest BCUT2D eigenvalue weighted by atomic mass is 19.1.